The van der Waals surface area contributed by atoms with Crippen molar-refractivity contribution < 1.29 is 8.42 Å². The third-order valence-corrected chi connectivity index (χ3v) is 5.06. The lowest BCUT2D eigenvalue weighted by Gasteiger charge is -2.34. The van der Waals surface area contributed by atoms with Gasteiger partial charge in [0.1, 0.15) is 4.90 Å². The lowest BCUT2D eigenvalue weighted by molar-refractivity contribution is 0.232. The number of rotatable bonds is 4. The fraction of sp³-hybridized carbons (Fsp3) is 0.583. The summed E-state index contributed by atoms with van der Waals surface area (Å²) in [5, 5.41) is 3.59. The van der Waals surface area contributed by atoms with Gasteiger partial charge in [-0.15, -0.1) is 12.4 Å². The van der Waals surface area contributed by atoms with Crippen LogP contribution in [0.1, 0.15) is 19.8 Å². The second-order valence-corrected chi connectivity index (χ2v) is 7.43. The highest BCUT2D eigenvalue weighted by Gasteiger charge is 2.28. The summed E-state index contributed by atoms with van der Waals surface area (Å²) in [4.78, 5) is 3.91. The van der Waals surface area contributed by atoms with Crippen molar-refractivity contribution in [2.24, 2.45) is 5.41 Å². The summed E-state index contributed by atoms with van der Waals surface area (Å²) in [5.41, 5.74) is 0.00429. The fourth-order valence-electron chi connectivity index (χ4n) is 2.10. The third-order valence-electron chi connectivity index (χ3n) is 3.49. The average molecular weight is 340 g/mol. The van der Waals surface area contributed by atoms with Crippen LogP contribution in [0.2, 0.25) is 5.02 Å². The minimum absolute atomic E-state index is 0. The zero-order chi connectivity index (χ0) is 13.9. The predicted octanol–water partition coefficient (Wildman–Crippen LogP) is 1.82. The van der Waals surface area contributed by atoms with E-state index in [-0.39, 0.29) is 22.7 Å². The van der Waals surface area contributed by atoms with Crippen LogP contribution in [0.5, 0.6) is 0 Å². The van der Waals surface area contributed by atoms with Crippen molar-refractivity contribution in [2.45, 2.75) is 24.7 Å². The van der Waals surface area contributed by atoms with Crippen LogP contribution in [0, 0.1) is 5.41 Å². The molecule has 0 spiro atoms. The monoisotopic (exact) mass is 339 g/mol. The molecule has 1 aliphatic heterocycles. The number of piperidine rings is 1. The highest BCUT2D eigenvalue weighted by molar-refractivity contribution is 7.89. The maximum absolute atomic E-state index is 12.1. The molecule has 20 heavy (non-hydrogen) atoms. The quantitative estimate of drug-likeness (QED) is 0.877. The van der Waals surface area contributed by atoms with Crippen molar-refractivity contribution in [3.05, 3.63) is 23.5 Å². The Bertz CT molecular complexity index is 545. The Morgan fingerprint density at radius 1 is 1.40 bits per heavy atom. The van der Waals surface area contributed by atoms with Crippen LogP contribution in [-0.2, 0) is 10.0 Å². The summed E-state index contributed by atoms with van der Waals surface area (Å²) >= 11 is 5.76. The molecule has 0 amide bonds. The van der Waals surface area contributed by atoms with Gasteiger partial charge in [-0.1, -0.05) is 18.5 Å². The minimum Gasteiger partial charge on any atom is -0.317 e. The molecule has 2 rings (SSSR count). The van der Waals surface area contributed by atoms with Gasteiger partial charge in [-0.05, 0) is 37.4 Å². The zero-order valence-corrected chi connectivity index (χ0v) is 13.6. The maximum atomic E-state index is 12.1. The molecule has 1 fully saturated rings. The van der Waals surface area contributed by atoms with E-state index in [1.165, 1.54) is 18.5 Å². The van der Waals surface area contributed by atoms with Gasteiger partial charge < -0.3 is 5.32 Å². The molecule has 0 radical (unpaired) electrons. The van der Waals surface area contributed by atoms with Crippen LogP contribution < -0.4 is 10.0 Å². The standard InChI is InChI=1S/C12H18ClN3O2S.ClH/c1-12(2-4-14-5-3-12)9-16-19(17,18)11-6-10(13)7-15-8-11;/h6-8,14,16H,2-5,9H2,1H3;1H. The Morgan fingerprint density at radius 2 is 2.05 bits per heavy atom. The van der Waals surface area contributed by atoms with E-state index >= 15 is 0 Å². The molecule has 1 saturated heterocycles. The lowest BCUT2D eigenvalue weighted by Crippen LogP contribution is -2.42. The van der Waals surface area contributed by atoms with Crippen molar-refractivity contribution in [1.29, 1.82) is 0 Å². The van der Waals surface area contributed by atoms with Crippen molar-refractivity contribution in [3.63, 3.8) is 0 Å². The fourth-order valence-corrected chi connectivity index (χ4v) is 3.52. The summed E-state index contributed by atoms with van der Waals surface area (Å²) < 4.78 is 26.9. The van der Waals surface area contributed by atoms with Crippen LogP contribution in [-0.4, -0.2) is 33.0 Å². The Hall–Kier alpha value is -0.400. The molecular weight excluding hydrogens is 321 g/mol. The van der Waals surface area contributed by atoms with Crippen LogP contribution in [0.15, 0.2) is 23.4 Å². The Kier molecular flexibility index (Phi) is 6.22. The highest BCUT2D eigenvalue weighted by Crippen LogP contribution is 2.27. The zero-order valence-electron chi connectivity index (χ0n) is 11.2. The van der Waals surface area contributed by atoms with E-state index in [1.54, 1.807) is 0 Å². The van der Waals surface area contributed by atoms with Gasteiger partial charge in [0.15, 0.2) is 0 Å². The van der Waals surface area contributed by atoms with Gasteiger partial charge in [-0.3, -0.25) is 4.98 Å². The normalized spacial score (nSPS) is 18.3. The van der Waals surface area contributed by atoms with E-state index in [9.17, 15) is 8.42 Å². The number of aromatic nitrogens is 1. The van der Waals surface area contributed by atoms with Crippen LogP contribution in [0.4, 0.5) is 0 Å². The second kappa shape index (κ2) is 7.04. The van der Waals surface area contributed by atoms with Crippen LogP contribution in [0.3, 0.4) is 0 Å². The molecule has 1 aromatic rings. The Balaban J connectivity index is 0.00000200. The molecule has 8 heteroatoms. The summed E-state index contributed by atoms with van der Waals surface area (Å²) in [6.45, 7) is 4.39. The Morgan fingerprint density at radius 3 is 2.65 bits per heavy atom. The molecule has 1 aromatic heterocycles. The second-order valence-electron chi connectivity index (χ2n) is 5.22. The summed E-state index contributed by atoms with van der Waals surface area (Å²) in [5.74, 6) is 0. The van der Waals surface area contributed by atoms with Gasteiger partial charge >= 0.3 is 0 Å². The van der Waals surface area contributed by atoms with Gasteiger partial charge in [-0.2, -0.15) is 0 Å². The molecule has 114 valence electrons. The first-order valence-corrected chi connectivity index (χ1v) is 8.08. The molecule has 0 bridgehead atoms. The van der Waals surface area contributed by atoms with Gasteiger partial charge in [0.2, 0.25) is 10.0 Å². The number of nitrogens with one attached hydrogen (secondary N) is 2. The SMILES string of the molecule is CC1(CNS(=O)(=O)c2cncc(Cl)c2)CCNCC1.Cl. The topological polar surface area (TPSA) is 71.1 Å². The molecule has 1 aliphatic rings. The first-order valence-electron chi connectivity index (χ1n) is 6.22. The summed E-state index contributed by atoms with van der Waals surface area (Å²) in [6.07, 6.45) is 4.64. The number of sulfonamides is 1. The van der Waals surface area contributed by atoms with E-state index in [1.807, 2.05) is 0 Å². The molecule has 0 saturated carbocycles. The van der Waals surface area contributed by atoms with Crippen molar-refractivity contribution in [3.8, 4) is 0 Å². The van der Waals surface area contributed by atoms with Gasteiger partial charge in [0.05, 0.1) is 5.02 Å². The molecule has 0 aliphatic carbocycles. The number of nitrogens with zero attached hydrogens (tertiary/aromatic N) is 1. The van der Waals surface area contributed by atoms with Crippen LogP contribution in [0.25, 0.3) is 0 Å². The first kappa shape index (κ1) is 17.7. The average Bonchev–Trinajstić information content (AvgIpc) is 2.38. The predicted molar refractivity (Wildman–Crippen MR) is 81.9 cm³/mol. The molecule has 2 N–H and O–H groups in total. The maximum Gasteiger partial charge on any atom is 0.242 e. The largest absolute Gasteiger partial charge is 0.317 e. The van der Waals surface area contributed by atoms with E-state index in [0.29, 0.717) is 11.6 Å². The highest BCUT2D eigenvalue weighted by atomic mass is 35.5. The number of hydrogen-bond donors (Lipinski definition) is 2. The summed E-state index contributed by atoms with van der Waals surface area (Å²) in [6, 6.07) is 1.40. The summed E-state index contributed by atoms with van der Waals surface area (Å²) in [7, 11) is -3.54. The van der Waals surface area contributed by atoms with E-state index in [2.05, 4.69) is 21.9 Å². The number of hydrogen-bond acceptors (Lipinski definition) is 4. The molecule has 5 nitrogen and oxygen atoms in total. The third kappa shape index (κ3) is 4.56. The van der Waals surface area contributed by atoms with Crippen molar-refractivity contribution >= 4 is 34.0 Å². The van der Waals surface area contributed by atoms with E-state index in [0.717, 1.165) is 25.9 Å². The van der Waals surface area contributed by atoms with Crippen molar-refractivity contribution in [1.82, 2.24) is 15.0 Å². The molecule has 0 aromatic carbocycles. The molecule has 0 atom stereocenters. The first-order chi connectivity index (χ1) is 8.91. The van der Waals surface area contributed by atoms with Crippen molar-refractivity contribution in [2.75, 3.05) is 19.6 Å². The van der Waals surface area contributed by atoms with Crippen LogP contribution >= 0.6 is 24.0 Å². The molecule has 0 unspecified atom stereocenters. The lowest BCUT2D eigenvalue weighted by atomic mass is 9.81. The number of pyridine rings is 1. The number of halogens is 2. The molecule has 2 heterocycles. The molecular formula is C12H19Cl2N3O2S. The van der Waals surface area contributed by atoms with Gasteiger partial charge in [0.25, 0.3) is 0 Å². The smallest absolute Gasteiger partial charge is 0.242 e. The van der Waals surface area contributed by atoms with Gasteiger partial charge in [-0.25, -0.2) is 13.1 Å². The van der Waals surface area contributed by atoms with E-state index in [4.69, 9.17) is 11.6 Å². The Labute approximate surface area is 131 Å². The minimum atomic E-state index is -3.54. The van der Waals surface area contributed by atoms with Gasteiger partial charge in [0, 0.05) is 18.9 Å². The van der Waals surface area contributed by atoms with E-state index < -0.39 is 10.0 Å².